The predicted molar refractivity (Wildman–Crippen MR) is 91.8 cm³/mol. The highest BCUT2D eigenvalue weighted by molar-refractivity contribution is 5.48. The van der Waals surface area contributed by atoms with Gasteiger partial charge in [0.2, 0.25) is 0 Å². The average Bonchev–Trinajstić information content (AvgIpc) is 3.06. The van der Waals surface area contributed by atoms with Gasteiger partial charge < -0.3 is 10.1 Å². The maximum atomic E-state index is 5.23. The summed E-state index contributed by atoms with van der Waals surface area (Å²) in [6.45, 7) is 2.75. The Morgan fingerprint density at radius 3 is 3.08 bits per heavy atom. The van der Waals surface area contributed by atoms with Gasteiger partial charge in [0.25, 0.3) is 5.78 Å². The van der Waals surface area contributed by atoms with Gasteiger partial charge in [0.15, 0.2) is 0 Å². The van der Waals surface area contributed by atoms with Gasteiger partial charge >= 0.3 is 0 Å². The summed E-state index contributed by atoms with van der Waals surface area (Å²) in [6, 6.07) is 10.9. The molecule has 1 aliphatic rings. The van der Waals surface area contributed by atoms with Crippen LogP contribution in [0.1, 0.15) is 36.2 Å². The molecule has 0 saturated carbocycles. The molecule has 0 aliphatic heterocycles. The molecule has 1 N–H and O–H groups in total. The Balaban J connectivity index is 1.75. The lowest BCUT2D eigenvalue weighted by Gasteiger charge is -2.32. The summed E-state index contributed by atoms with van der Waals surface area (Å²) < 4.78 is 6.98. The van der Waals surface area contributed by atoms with Crippen LogP contribution in [0.2, 0.25) is 0 Å². The van der Waals surface area contributed by atoms with E-state index in [4.69, 9.17) is 4.74 Å². The predicted octanol–water partition coefficient (Wildman–Crippen LogP) is 3.01. The van der Waals surface area contributed by atoms with Crippen molar-refractivity contribution < 1.29 is 4.74 Å². The first kappa shape index (κ1) is 15.1. The highest BCUT2D eigenvalue weighted by Crippen LogP contribution is 2.36. The molecule has 1 aromatic carbocycles. The van der Waals surface area contributed by atoms with Crippen molar-refractivity contribution in [2.75, 3.05) is 12.4 Å². The minimum absolute atomic E-state index is 0.250. The van der Waals surface area contributed by atoms with Gasteiger partial charge in [-0.25, -0.2) is 4.98 Å². The maximum absolute atomic E-state index is 5.23. The maximum Gasteiger partial charge on any atom is 0.254 e. The number of nitrogens with zero attached hydrogens (tertiary/aromatic N) is 4. The van der Waals surface area contributed by atoms with Gasteiger partial charge in [0.05, 0.1) is 18.3 Å². The second-order valence-electron chi connectivity index (χ2n) is 6.37. The summed E-state index contributed by atoms with van der Waals surface area (Å²) in [4.78, 5) is 8.69. The van der Waals surface area contributed by atoms with Gasteiger partial charge in [-0.15, -0.1) is 0 Å². The van der Waals surface area contributed by atoms with Gasteiger partial charge in [-0.05, 0) is 29.9 Å². The smallest absolute Gasteiger partial charge is 0.254 e. The SMILES string of the molecule is COCc1cc(NC2c3ccccc3CCC2C)n2ncnc2n1. The number of anilines is 1. The van der Waals surface area contributed by atoms with Crippen molar-refractivity contribution in [2.24, 2.45) is 5.92 Å². The summed E-state index contributed by atoms with van der Waals surface area (Å²) in [5.41, 5.74) is 3.64. The van der Waals surface area contributed by atoms with Gasteiger partial charge in [-0.1, -0.05) is 31.2 Å². The molecule has 2 aromatic heterocycles. The zero-order valence-electron chi connectivity index (χ0n) is 13.9. The third kappa shape index (κ3) is 2.63. The molecule has 3 aromatic rings. The highest BCUT2D eigenvalue weighted by Gasteiger charge is 2.27. The van der Waals surface area contributed by atoms with E-state index < -0.39 is 0 Å². The van der Waals surface area contributed by atoms with Crippen LogP contribution < -0.4 is 5.32 Å². The molecule has 6 nitrogen and oxygen atoms in total. The number of methoxy groups -OCH3 is 1. The Morgan fingerprint density at radius 2 is 2.21 bits per heavy atom. The van der Waals surface area contributed by atoms with Crippen molar-refractivity contribution in [3.63, 3.8) is 0 Å². The Kier molecular flexibility index (Phi) is 3.90. The fourth-order valence-corrected chi connectivity index (χ4v) is 3.49. The number of hydrogen-bond acceptors (Lipinski definition) is 5. The first-order valence-electron chi connectivity index (χ1n) is 8.29. The molecule has 4 rings (SSSR count). The van der Waals surface area contributed by atoms with Crippen LogP contribution in [0.25, 0.3) is 5.78 Å². The van der Waals surface area contributed by atoms with Crippen LogP contribution in [0.4, 0.5) is 5.82 Å². The molecule has 124 valence electrons. The Labute approximate surface area is 140 Å². The summed E-state index contributed by atoms with van der Waals surface area (Å²) in [6.07, 6.45) is 3.84. The van der Waals surface area contributed by atoms with Gasteiger partial charge in [-0.3, -0.25) is 0 Å². The molecule has 2 unspecified atom stereocenters. The lowest BCUT2D eigenvalue weighted by atomic mass is 9.81. The Hall–Kier alpha value is -2.47. The molecule has 6 heteroatoms. The van der Waals surface area contributed by atoms with Gasteiger partial charge in [-0.2, -0.15) is 14.6 Å². The summed E-state index contributed by atoms with van der Waals surface area (Å²) in [5.74, 6) is 2.03. The molecule has 2 atom stereocenters. The third-order valence-electron chi connectivity index (χ3n) is 4.73. The van der Waals surface area contributed by atoms with Gasteiger partial charge in [0.1, 0.15) is 12.1 Å². The molecule has 0 fully saturated rings. The normalized spacial score (nSPS) is 20.1. The second-order valence-corrected chi connectivity index (χ2v) is 6.37. The first-order chi connectivity index (χ1) is 11.8. The zero-order chi connectivity index (χ0) is 16.5. The van der Waals surface area contributed by atoms with Crippen LogP contribution in [-0.2, 0) is 17.8 Å². The number of fused-ring (bicyclic) bond motifs is 2. The van der Waals surface area contributed by atoms with Crippen molar-refractivity contribution in [1.29, 1.82) is 0 Å². The molecule has 0 radical (unpaired) electrons. The molecule has 2 heterocycles. The van der Waals surface area contributed by atoms with E-state index in [-0.39, 0.29) is 6.04 Å². The summed E-state index contributed by atoms with van der Waals surface area (Å²) >= 11 is 0. The van der Waals surface area contributed by atoms with E-state index in [1.807, 2.05) is 6.07 Å². The van der Waals surface area contributed by atoms with Crippen LogP contribution >= 0.6 is 0 Å². The topological polar surface area (TPSA) is 64.3 Å². The zero-order valence-corrected chi connectivity index (χ0v) is 13.9. The molecule has 0 amide bonds. The van der Waals surface area contributed by atoms with Crippen LogP contribution in [0.15, 0.2) is 36.7 Å². The van der Waals surface area contributed by atoms with E-state index in [0.717, 1.165) is 17.9 Å². The summed E-state index contributed by atoms with van der Waals surface area (Å²) in [5, 5.41) is 7.99. The number of rotatable bonds is 4. The molecule has 0 bridgehead atoms. The van der Waals surface area contributed by atoms with E-state index in [2.05, 4.69) is 51.6 Å². The molecule has 1 aliphatic carbocycles. The minimum Gasteiger partial charge on any atom is -0.378 e. The second kappa shape index (κ2) is 6.20. The third-order valence-corrected chi connectivity index (χ3v) is 4.73. The number of aromatic nitrogens is 4. The fraction of sp³-hybridized carbons (Fsp3) is 0.389. The molecule has 0 spiro atoms. The van der Waals surface area contributed by atoms with E-state index >= 15 is 0 Å². The van der Waals surface area contributed by atoms with Gasteiger partial charge in [0, 0.05) is 13.2 Å². The monoisotopic (exact) mass is 323 g/mol. The fourth-order valence-electron chi connectivity index (χ4n) is 3.49. The Bertz CT molecular complexity index is 859. The molecule has 24 heavy (non-hydrogen) atoms. The molecular formula is C18H21N5O. The largest absolute Gasteiger partial charge is 0.378 e. The number of benzene rings is 1. The van der Waals surface area contributed by atoms with Crippen LogP contribution in [0.3, 0.4) is 0 Å². The van der Waals surface area contributed by atoms with E-state index in [9.17, 15) is 0 Å². The first-order valence-corrected chi connectivity index (χ1v) is 8.29. The lowest BCUT2D eigenvalue weighted by Crippen LogP contribution is -2.26. The number of hydrogen-bond donors (Lipinski definition) is 1. The lowest BCUT2D eigenvalue weighted by molar-refractivity contribution is 0.181. The Morgan fingerprint density at radius 1 is 1.33 bits per heavy atom. The average molecular weight is 323 g/mol. The van der Waals surface area contributed by atoms with E-state index in [1.54, 1.807) is 11.6 Å². The van der Waals surface area contributed by atoms with Crippen LogP contribution in [0.5, 0.6) is 0 Å². The molecule has 0 saturated heterocycles. The minimum atomic E-state index is 0.250. The van der Waals surface area contributed by atoms with E-state index in [0.29, 0.717) is 18.3 Å². The quantitative estimate of drug-likeness (QED) is 0.799. The number of ether oxygens (including phenoxy) is 1. The summed E-state index contributed by atoms with van der Waals surface area (Å²) in [7, 11) is 1.67. The number of nitrogens with one attached hydrogen (secondary N) is 1. The standard InChI is InChI=1S/C18H21N5O/c1-12-7-8-13-5-3-4-6-15(13)17(12)22-16-9-14(10-24-2)21-18-19-11-20-23(16)18/h3-6,9,11-12,17,22H,7-8,10H2,1-2H3. The van der Waals surface area contributed by atoms with Crippen molar-refractivity contribution in [2.45, 2.75) is 32.4 Å². The van der Waals surface area contributed by atoms with Crippen LogP contribution in [-0.4, -0.2) is 26.7 Å². The highest BCUT2D eigenvalue weighted by atomic mass is 16.5. The van der Waals surface area contributed by atoms with E-state index in [1.165, 1.54) is 23.9 Å². The van der Waals surface area contributed by atoms with Crippen molar-refractivity contribution in [3.05, 3.63) is 53.5 Å². The van der Waals surface area contributed by atoms with Crippen LogP contribution in [0, 0.1) is 5.92 Å². The van der Waals surface area contributed by atoms with Crippen molar-refractivity contribution >= 4 is 11.6 Å². The number of aryl methyl sites for hydroxylation is 1. The van der Waals surface area contributed by atoms with Crippen molar-refractivity contribution in [1.82, 2.24) is 19.6 Å². The van der Waals surface area contributed by atoms with Crippen molar-refractivity contribution in [3.8, 4) is 0 Å². The molecular weight excluding hydrogens is 302 g/mol.